The average Bonchev–Trinajstić information content (AvgIpc) is 1.87. The van der Waals surface area contributed by atoms with Crippen LogP contribution in [0.25, 0.3) is 0 Å². The quantitative estimate of drug-likeness (QED) is 0.393. The van der Waals surface area contributed by atoms with Gasteiger partial charge in [0.15, 0.2) is 0 Å². The normalized spacial score (nSPS) is 20.1. The van der Waals surface area contributed by atoms with Gasteiger partial charge in [0.1, 0.15) is 10.9 Å². The van der Waals surface area contributed by atoms with E-state index in [2.05, 4.69) is 0 Å². The molecule has 0 aliphatic carbocycles. The monoisotopic (exact) mass is 168 g/mol. The van der Waals surface area contributed by atoms with Crippen LogP contribution in [0.1, 0.15) is 6.92 Å². The number of aliphatic hydroxyl groups is 4. The van der Waals surface area contributed by atoms with Gasteiger partial charge < -0.3 is 20.4 Å². The van der Waals surface area contributed by atoms with E-state index in [4.69, 9.17) is 20.4 Å². The standard InChI is InChI=1S/C5H12O4S/c1-3(7)5(9)10-4(8)2-6/h3-9H,2H2,1H3. The van der Waals surface area contributed by atoms with E-state index in [0.717, 1.165) is 11.8 Å². The zero-order valence-electron chi connectivity index (χ0n) is 5.64. The average molecular weight is 168 g/mol. The molecule has 4 N–H and O–H groups in total. The number of thioether (sulfide) groups is 1. The molecule has 0 aromatic carbocycles. The molecule has 3 unspecified atom stereocenters. The van der Waals surface area contributed by atoms with Crippen LogP contribution in [-0.2, 0) is 0 Å². The SMILES string of the molecule is CC(O)C(O)SC(O)CO. The highest BCUT2D eigenvalue weighted by Gasteiger charge is 2.15. The zero-order chi connectivity index (χ0) is 8.15. The van der Waals surface area contributed by atoms with E-state index in [9.17, 15) is 0 Å². The first kappa shape index (κ1) is 10.2. The minimum atomic E-state index is -1.04. The molecule has 0 saturated heterocycles. The van der Waals surface area contributed by atoms with Gasteiger partial charge in [-0.3, -0.25) is 0 Å². The van der Waals surface area contributed by atoms with E-state index in [1.807, 2.05) is 0 Å². The van der Waals surface area contributed by atoms with Gasteiger partial charge in [-0.15, -0.1) is 0 Å². The van der Waals surface area contributed by atoms with E-state index in [0.29, 0.717) is 0 Å². The molecule has 0 aliphatic heterocycles. The number of rotatable bonds is 4. The lowest BCUT2D eigenvalue weighted by atomic mass is 10.4. The van der Waals surface area contributed by atoms with Crippen molar-refractivity contribution < 1.29 is 20.4 Å². The van der Waals surface area contributed by atoms with Gasteiger partial charge in [0, 0.05) is 0 Å². The van der Waals surface area contributed by atoms with Crippen molar-refractivity contribution in [3.8, 4) is 0 Å². The van der Waals surface area contributed by atoms with Crippen molar-refractivity contribution in [1.82, 2.24) is 0 Å². The fraction of sp³-hybridized carbons (Fsp3) is 1.00. The van der Waals surface area contributed by atoms with Gasteiger partial charge in [-0.05, 0) is 6.92 Å². The molecule has 0 radical (unpaired) electrons. The molecule has 0 bridgehead atoms. The van der Waals surface area contributed by atoms with Crippen LogP contribution in [0.4, 0.5) is 0 Å². The van der Waals surface area contributed by atoms with E-state index in [1.165, 1.54) is 6.92 Å². The van der Waals surface area contributed by atoms with Crippen LogP contribution < -0.4 is 0 Å². The molecule has 0 amide bonds. The first-order chi connectivity index (χ1) is 4.57. The molecule has 0 aliphatic rings. The summed E-state index contributed by atoms with van der Waals surface area (Å²) in [4.78, 5) is 0. The third-order valence-corrected chi connectivity index (χ3v) is 2.00. The highest BCUT2D eigenvalue weighted by Crippen LogP contribution is 2.15. The predicted molar refractivity (Wildman–Crippen MR) is 38.4 cm³/mol. The maximum atomic E-state index is 8.87. The Balaban J connectivity index is 3.46. The minimum Gasteiger partial charge on any atom is -0.393 e. The Bertz CT molecular complexity index is 87.7. The van der Waals surface area contributed by atoms with Crippen molar-refractivity contribution in [2.75, 3.05) is 6.61 Å². The highest BCUT2D eigenvalue weighted by molar-refractivity contribution is 8.00. The molecule has 5 heteroatoms. The van der Waals surface area contributed by atoms with Gasteiger partial charge in [0.2, 0.25) is 0 Å². The molecule has 0 spiro atoms. The largest absolute Gasteiger partial charge is 0.393 e. The second kappa shape index (κ2) is 4.92. The first-order valence-corrected chi connectivity index (χ1v) is 3.82. The van der Waals surface area contributed by atoms with Crippen molar-refractivity contribution in [1.29, 1.82) is 0 Å². The van der Waals surface area contributed by atoms with Gasteiger partial charge in [-0.25, -0.2) is 0 Å². The van der Waals surface area contributed by atoms with Gasteiger partial charge >= 0.3 is 0 Å². The van der Waals surface area contributed by atoms with E-state index in [-0.39, 0.29) is 0 Å². The maximum Gasteiger partial charge on any atom is 0.127 e. The van der Waals surface area contributed by atoms with Crippen LogP contribution in [0.15, 0.2) is 0 Å². The molecule has 0 heterocycles. The molecular formula is C5H12O4S. The van der Waals surface area contributed by atoms with Gasteiger partial charge in [-0.1, -0.05) is 11.8 Å². The molecule has 4 nitrogen and oxygen atoms in total. The molecule has 0 saturated carbocycles. The summed E-state index contributed by atoms with van der Waals surface area (Å²) in [6, 6.07) is 0. The summed E-state index contributed by atoms with van der Waals surface area (Å²) in [5.74, 6) is 0. The van der Waals surface area contributed by atoms with Crippen molar-refractivity contribution in [2.24, 2.45) is 0 Å². The molecule has 3 atom stereocenters. The van der Waals surface area contributed by atoms with Crippen molar-refractivity contribution in [3.63, 3.8) is 0 Å². The summed E-state index contributed by atoms with van der Waals surface area (Å²) >= 11 is 0.719. The van der Waals surface area contributed by atoms with Crippen LogP contribution in [-0.4, -0.2) is 44.0 Å². The minimum absolute atomic E-state index is 0.422. The van der Waals surface area contributed by atoms with Crippen LogP contribution >= 0.6 is 11.8 Å². The Morgan fingerprint density at radius 3 is 2.10 bits per heavy atom. The van der Waals surface area contributed by atoms with Crippen LogP contribution in [0.2, 0.25) is 0 Å². The molecular weight excluding hydrogens is 156 g/mol. The molecule has 0 aromatic heterocycles. The Kier molecular flexibility index (Phi) is 5.02. The fourth-order valence-electron chi connectivity index (χ4n) is 0.318. The van der Waals surface area contributed by atoms with Gasteiger partial charge in [-0.2, -0.15) is 0 Å². The Morgan fingerprint density at radius 2 is 1.80 bits per heavy atom. The second-order valence-electron chi connectivity index (χ2n) is 1.90. The van der Waals surface area contributed by atoms with E-state index >= 15 is 0 Å². The van der Waals surface area contributed by atoms with Crippen LogP contribution in [0.5, 0.6) is 0 Å². The predicted octanol–water partition coefficient (Wildman–Crippen LogP) is -1.27. The Labute approximate surface area is 63.5 Å². The third-order valence-electron chi connectivity index (χ3n) is 0.865. The summed E-state index contributed by atoms with van der Waals surface area (Å²) in [6.07, 6.45) is -0.897. The lowest BCUT2D eigenvalue weighted by Crippen LogP contribution is -2.23. The lowest BCUT2D eigenvalue weighted by molar-refractivity contribution is 0.0823. The third kappa shape index (κ3) is 4.08. The summed E-state index contributed by atoms with van der Waals surface area (Å²) in [5, 5.41) is 34.6. The smallest absolute Gasteiger partial charge is 0.127 e. The van der Waals surface area contributed by atoms with E-state index < -0.39 is 23.6 Å². The van der Waals surface area contributed by atoms with Gasteiger partial charge in [0.05, 0.1) is 12.7 Å². The zero-order valence-corrected chi connectivity index (χ0v) is 6.45. The summed E-state index contributed by atoms with van der Waals surface area (Å²) in [7, 11) is 0. The number of hydrogen-bond donors (Lipinski definition) is 4. The van der Waals surface area contributed by atoms with Crippen molar-refractivity contribution in [3.05, 3.63) is 0 Å². The first-order valence-electron chi connectivity index (χ1n) is 2.88. The molecule has 62 valence electrons. The summed E-state index contributed by atoms with van der Waals surface area (Å²) in [6.45, 7) is 0.982. The molecule has 0 fully saturated rings. The number of aliphatic hydroxyl groups excluding tert-OH is 4. The summed E-state index contributed by atoms with van der Waals surface area (Å²) in [5.41, 5.74) is -2.06. The fourth-order valence-corrected chi connectivity index (χ4v) is 0.953. The van der Waals surface area contributed by atoms with Crippen LogP contribution in [0, 0.1) is 0 Å². The van der Waals surface area contributed by atoms with Crippen molar-refractivity contribution >= 4 is 11.8 Å². The van der Waals surface area contributed by atoms with E-state index in [1.54, 1.807) is 0 Å². The lowest BCUT2D eigenvalue weighted by Gasteiger charge is -2.15. The van der Waals surface area contributed by atoms with Gasteiger partial charge in [0.25, 0.3) is 0 Å². The molecule has 0 rings (SSSR count). The number of hydrogen-bond acceptors (Lipinski definition) is 5. The summed E-state index contributed by atoms with van der Waals surface area (Å²) < 4.78 is 0. The maximum absolute atomic E-state index is 8.87. The molecule has 0 aromatic rings. The Morgan fingerprint density at radius 1 is 1.30 bits per heavy atom. The van der Waals surface area contributed by atoms with Crippen LogP contribution in [0.3, 0.4) is 0 Å². The Hall–Kier alpha value is 0.190. The van der Waals surface area contributed by atoms with Crippen molar-refractivity contribution in [2.45, 2.75) is 23.9 Å². The highest BCUT2D eigenvalue weighted by atomic mass is 32.2. The second-order valence-corrected chi connectivity index (χ2v) is 3.20. The molecule has 10 heavy (non-hydrogen) atoms. The topological polar surface area (TPSA) is 80.9 Å².